The SMILES string of the molecule is Cc1cc(C(=O)CC(c2ccc(N3CCOCC3)cc2)c2ccccc2C)ccn1. The number of carbonyl (C=O) groups excluding carboxylic acids is 1. The number of aryl methyl sites for hydroxylation is 2. The molecule has 0 N–H and O–H groups in total. The van der Waals surface area contributed by atoms with Crippen LogP contribution in [0.5, 0.6) is 0 Å². The standard InChI is InChI=1S/C26H28N2O2/c1-19-5-3-4-6-24(19)25(18-26(29)22-11-12-27-20(2)17-22)21-7-9-23(10-8-21)28-13-15-30-16-14-28/h3-12,17,25H,13-16,18H2,1-2H3. The van der Waals surface area contributed by atoms with E-state index in [1.54, 1.807) is 6.20 Å². The Labute approximate surface area is 178 Å². The van der Waals surface area contributed by atoms with Crippen LogP contribution < -0.4 is 4.90 Å². The van der Waals surface area contributed by atoms with Gasteiger partial charge in [0.15, 0.2) is 5.78 Å². The second-order valence-electron chi connectivity index (χ2n) is 7.91. The van der Waals surface area contributed by atoms with E-state index < -0.39 is 0 Å². The van der Waals surface area contributed by atoms with Gasteiger partial charge in [-0.3, -0.25) is 9.78 Å². The van der Waals surface area contributed by atoms with Crippen molar-refractivity contribution in [2.75, 3.05) is 31.2 Å². The van der Waals surface area contributed by atoms with Crippen molar-refractivity contribution in [2.45, 2.75) is 26.2 Å². The highest BCUT2D eigenvalue weighted by atomic mass is 16.5. The van der Waals surface area contributed by atoms with Crippen LogP contribution in [0.2, 0.25) is 0 Å². The van der Waals surface area contributed by atoms with Crippen molar-refractivity contribution in [3.63, 3.8) is 0 Å². The van der Waals surface area contributed by atoms with Gasteiger partial charge in [0.1, 0.15) is 0 Å². The average molecular weight is 401 g/mol. The van der Waals surface area contributed by atoms with Crippen LogP contribution in [-0.4, -0.2) is 37.1 Å². The number of anilines is 1. The lowest BCUT2D eigenvalue weighted by molar-refractivity contribution is 0.0977. The molecule has 4 heteroatoms. The molecule has 1 unspecified atom stereocenters. The van der Waals surface area contributed by atoms with E-state index in [9.17, 15) is 4.79 Å². The maximum atomic E-state index is 13.1. The zero-order valence-electron chi connectivity index (χ0n) is 17.7. The Bertz CT molecular complexity index is 1010. The number of rotatable bonds is 6. The molecule has 2 heterocycles. The Kier molecular flexibility index (Phi) is 6.24. The number of benzene rings is 2. The summed E-state index contributed by atoms with van der Waals surface area (Å²) in [6.45, 7) is 7.41. The van der Waals surface area contributed by atoms with Gasteiger partial charge in [0.25, 0.3) is 0 Å². The number of nitrogens with zero attached hydrogens (tertiary/aromatic N) is 2. The summed E-state index contributed by atoms with van der Waals surface area (Å²) in [4.78, 5) is 19.7. The molecular weight excluding hydrogens is 372 g/mol. The molecule has 1 saturated heterocycles. The Balaban J connectivity index is 1.63. The van der Waals surface area contributed by atoms with Crippen molar-refractivity contribution < 1.29 is 9.53 Å². The third kappa shape index (κ3) is 4.60. The summed E-state index contributed by atoms with van der Waals surface area (Å²) in [7, 11) is 0. The predicted molar refractivity (Wildman–Crippen MR) is 120 cm³/mol. The van der Waals surface area contributed by atoms with Gasteiger partial charge in [0, 0.05) is 48.6 Å². The topological polar surface area (TPSA) is 42.4 Å². The maximum absolute atomic E-state index is 13.1. The first-order valence-corrected chi connectivity index (χ1v) is 10.6. The fourth-order valence-corrected chi connectivity index (χ4v) is 4.15. The number of carbonyl (C=O) groups is 1. The van der Waals surface area contributed by atoms with E-state index in [2.05, 4.69) is 59.3 Å². The number of Topliss-reactive ketones (excluding diaryl/α,β-unsaturated/α-hetero) is 1. The molecular formula is C26H28N2O2. The van der Waals surface area contributed by atoms with Crippen LogP contribution in [0.3, 0.4) is 0 Å². The second-order valence-corrected chi connectivity index (χ2v) is 7.91. The number of pyridine rings is 1. The van der Waals surface area contributed by atoms with Gasteiger partial charge in [0.2, 0.25) is 0 Å². The summed E-state index contributed by atoms with van der Waals surface area (Å²) in [6.07, 6.45) is 2.15. The number of morpholine rings is 1. The van der Waals surface area contributed by atoms with Crippen LogP contribution >= 0.6 is 0 Å². The highest BCUT2D eigenvalue weighted by Gasteiger charge is 2.21. The molecule has 0 saturated carbocycles. The van der Waals surface area contributed by atoms with Gasteiger partial charge in [-0.1, -0.05) is 36.4 Å². The van der Waals surface area contributed by atoms with Gasteiger partial charge in [-0.2, -0.15) is 0 Å². The Hall–Kier alpha value is -2.98. The first kappa shape index (κ1) is 20.3. The molecule has 1 aliphatic heterocycles. The fraction of sp³-hybridized carbons (Fsp3) is 0.308. The van der Waals surface area contributed by atoms with Gasteiger partial charge >= 0.3 is 0 Å². The molecule has 0 aliphatic carbocycles. The Morgan fingerprint density at radius 2 is 1.77 bits per heavy atom. The number of aromatic nitrogens is 1. The molecule has 0 radical (unpaired) electrons. The minimum Gasteiger partial charge on any atom is -0.378 e. The largest absolute Gasteiger partial charge is 0.378 e. The van der Waals surface area contributed by atoms with Gasteiger partial charge in [-0.15, -0.1) is 0 Å². The van der Waals surface area contributed by atoms with Gasteiger partial charge in [-0.25, -0.2) is 0 Å². The molecule has 1 atom stereocenters. The summed E-state index contributed by atoms with van der Waals surface area (Å²) < 4.78 is 5.46. The van der Waals surface area contributed by atoms with E-state index in [-0.39, 0.29) is 11.7 Å². The third-order valence-corrected chi connectivity index (χ3v) is 5.84. The second kappa shape index (κ2) is 9.23. The molecule has 154 valence electrons. The van der Waals surface area contributed by atoms with Gasteiger partial charge in [-0.05, 0) is 54.8 Å². The van der Waals surface area contributed by atoms with Crippen molar-refractivity contribution in [1.82, 2.24) is 4.98 Å². The summed E-state index contributed by atoms with van der Waals surface area (Å²) in [5, 5.41) is 0. The zero-order valence-corrected chi connectivity index (χ0v) is 17.7. The van der Waals surface area contributed by atoms with Crippen LogP contribution in [0.1, 0.15) is 45.1 Å². The summed E-state index contributed by atoms with van der Waals surface area (Å²) in [6, 6.07) is 20.7. The molecule has 0 amide bonds. The maximum Gasteiger partial charge on any atom is 0.163 e. The molecule has 1 aliphatic rings. The van der Waals surface area contributed by atoms with Crippen molar-refractivity contribution >= 4 is 11.5 Å². The third-order valence-electron chi connectivity index (χ3n) is 5.84. The highest BCUT2D eigenvalue weighted by molar-refractivity contribution is 5.96. The average Bonchev–Trinajstić information content (AvgIpc) is 2.79. The number of ketones is 1. The summed E-state index contributed by atoms with van der Waals surface area (Å²) in [5.74, 6) is 0.164. The highest BCUT2D eigenvalue weighted by Crippen LogP contribution is 2.33. The smallest absolute Gasteiger partial charge is 0.163 e. The first-order chi connectivity index (χ1) is 14.6. The van der Waals surface area contributed by atoms with Gasteiger partial charge < -0.3 is 9.64 Å². The number of ether oxygens (including phenoxy) is 1. The van der Waals surface area contributed by atoms with E-state index in [0.29, 0.717) is 6.42 Å². The first-order valence-electron chi connectivity index (χ1n) is 10.6. The lowest BCUT2D eigenvalue weighted by atomic mass is 9.83. The van der Waals surface area contributed by atoms with Crippen LogP contribution in [0.25, 0.3) is 0 Å². The quantitative estimate of drug-likeness (QED) is 0.550. The molecule has 4 nitrogen and oxygen atoms in total. The summed E-state index contributed by atoms with van der Waals surface area (Å²) in [5.41, 5.74) is 6.38. The molecule has 1 aromatic heterocycles. The zero-order chi connectivity index (χ0) is 20.9. The van der Waals surface area contributed by atoms with Crippen molar-refractivity contribution in [3.8, 4) is 0 Å². The molecule has 4 rings (SSSR count). The Morgan fingerprint density at radius 3 is 2.47 bits per heavy atom. The lowest BCUT2D eigenvalue weighted by Crippen LogP contribution is -2.36. The molecule has 2 aromatic carbocycles. The van der Waals surface area contributed by atoms with E-state index in [1.807, 2.05) is 25.1 Å². The van der Waals surface area contributed by atoms with Crippen molar-refractivity contribution in [2.24, 2.45) is 0 Å². The molecule has 0 bridgehead atoms. The minimum atomic E-state index is 0.0194. The summed E-state index contributed by atoms with van der Waals surface area (Å²) >= 11 is 0. The number of hydrogen-bond donors (Lipinski definition) is 0. The van der Waals surface area contributed by atoms with Crippen LogP contribution in [-0.2, 0) is 4.74 Å². The fourth-order valence-electron chi connectivity index (χ4n) is 4.15. The minimum absolute atomic E-state index is 0.0194. The van der Waals surface area contributed by atoms with Gasteiger partial charge in [0.05, 0.1) is 13.2 Å². The van der Waals surface area contributed by atoms with Crippen LogP contribution in [0, 0.1) is 13.8 Å². The van der Waals surface area contributed by atoms with E-state index in [1.165, 1.54) is 22.4 Å². The monoisotopic (exact) mass is 400 g/mol. The van der Waals surface area contributed by atoms with Crippen LogP contribution in [0.15, 0.2) is 66.9 Å². The van der Waals surface area contributed by atoms with E-state index in [4.69, 9.17) is 4.74 Å². The molecule has 1 fully saturated rings. The Morgan fingerprint density at radius 1 is 1.03 bits per heavy atom. The molecule has 0 spiro atoms. The lowest BCUT2D eigenvalue weighted by Gasteiger charge is -2.29. The normalized spacial score (nSPS) is 15.1. The van der Waals surface area contributed by atoms with Crippen molar-refractivity contribution in [1.29, 1.82) is 0 Å². The molecule has 3 aromatic rings. The number of hydrogen-bond acceptors (Lipinski definition) is 4. The van der Waals surface area contributed by atoms with Crippen LogP contribution in [0.4, 0.5) is 5.69 Å². The van der Waals surface area contributed by atoms with E-state index in [0.717, 1.165) is 37.6 Å². The van der Waals surface area contributed by atoms with Crippen molar-refractivity contribution in [3.05, 3.63) is 94.8 Å². The molecule has 30 heavy (non-hydrogen) atoms. The van der Waals surface area contributed by atoms with E-state index >= 15 is 0 Å². The predicted octanol–water partition coefficient (Wildman–Crippen LogP) is 4.94.